The van der Waals surface area contributed by atoms with Gasteiger partial charge < -0.3 is 14.7 Å². The van der Waals surface area contributed by atoms with Gasteiger partial charge in [-0.1, -0.05) is 12.1 Å². The second-order valence-corrected chi connectivity index (χ2v) is 5.38. The number of hydrogen-bond acceptors (Lipinski definition) is 3. The third kappa shape index (κ3) is 3.54. The summed E-state index contributed by atoms with van der Waals surface area (Å²) >= 11 is 0. The number of ether oxygens (including phenoxy) is 1. The lowest BCUT2D eigenvalue weighted by atomic mass is 10.1. The van der Waals surface area contributed by atoms with Crippen molar-refractivity contribution in [2.75, 3.05) is 13.2 Å². The number of nitrogens with zero attached hydrogens (tertiary/aromatic N) is 1. The Kier molecular flexibility index (Phi) is 4.83. The second kappa shape index (κ2) is 6.61. The molecule has 0 aromatic heterocycles. The van der Waals surface area contributed by atoms with Gasteiger partial charge in [0.25, 0.3) is 0 Å². The second-order valence-electron chi connectivity index (χ2n) is 5.38. The maximum Gasteiger partial charge on any atom is 0.326 e. The molecule has 1 atom stereocenters. The molecule has 1 N–H and O–H groups in total. The average Bonchev–Trinajstić information content (AvgIpc) is 2.93. The summed E-state index contributed by atoms with van der Waals surface area (Å²) in [6.45, 7) is 4.79. The minimum absolute atomic E-state index is 0.148. The number of carbonyl (C=O) groups excluding carboxylic acids is 1. The zero-order valence-corrected chi connectivity index (χ0v) is 12.5. The first-order valence-corrected chi connectivity index (χ1v) is 7.22. The molecular weight excluding hydrogens is 270 g/mol. The molecule has 2 rings (SSSR count). The normalized spacial score (nSPS) is 17.8. The zero-order chi connectivity index (χ0) is 15.4. The Morgan fingerprint density at radius 3 is 2.86 bits per heavy atom. The van der Waals surface area contributed by atoms with Crippen LogP contribution in [0.4, 0.5) is 0 Å². The molecule has 0 radical (unpaired) electrons. The van der Waals surface area contributed by atoms with E-state index >= 15 is 0 Å². The number of aryl methyl sites for hydroxylation is 1. The third-order valence-corrected chi connectivity index (χ3v) is 3.99. The number of carbonyl (C=O) groups is 2. The number of benzene rings is 1. The van der Waals surface area contributed by atoms with Gasteiger partial charge in [0, 0.05) is 6.54 Å². The van der Waals surface area contributed by atoms with Crippen LogP contribution in [0.1, 0.15) is 30.4 Å². The molecule has 1 saturated heterocycles. The number of carboxylic acids is 1. The molecule has 0 spiro atoms. The topological polar surface area (TPSA) is 66.8 Å². The van der Waals surface area contributed by atoms with E-state index in [0.717, 1.165) is 23.3 Å². The van der Waals surface area contributed by atoms with Crippen LogP contribution >= 0.6 is 0 Å². The van der Waals surface area contributed by atoms with Crippen LogP contribution < -0.4 is 4.74 Å². The average molecular weight is 291 g/mol. The number of likely N-dealkylation sites (tertiary alicyclic amines) is 1. The van der Waals surface area contributed by atoms with E-state index in [4.69, 9.17) is 9.84 Å². The fourth-order valence-corrected chi connectivity index (χ4v) is 2.59. The van der Waals surface area contributed by atoms with E-state index in [-0.39, 0.29) is 18.9 Å². The van der Waals surface area contributed by atoms with Crippen LogP contribution in [-0.4, -0.2) is 41.1 Å². The van der Waals surface area contributed by atoms with Gasteiger partial charge in [0.05, 0.1) is 13.0 Å². The Morgan fingerprint density at radius 2 is 2.14 bits per heavy atom. The molecule has 1 fully saturated rings. The van der Waals surface area contributed by atoms with E-state index < -0.39 is 12.0 Å². The molecule has 1 aliphatic rings. The highest BCUT2D eigenvalue weighted by Crippen LogP contribution is 2.21. The Morgan fingerprint density at radius 1 is 1.38 bits per heavy atom. The summed E-state index contributed by atoms with van der Waals surface area (Å²) in [5.41, 5.74) is 2.21. The molecule has 0 saturated carbocycles. The number of aliphatic carboxylic acids is 1. The van der Waals surface area contributed by atoms with E-state index in [2.05, 4.69) is 0 Å². The van der Waals surface area contributed by atoms with Crippen molar-refractivity contribution < 1.29 is 19.4 Å². The molecule has 0 bridgehead atoms. The predicted octanol–water partition coefficient (Wildman–Crippen LogP) is 2.15. The smallest absolute Gasteiger partial charge is 0.326 e. The molecule has 114 valence electrons. The standard InChI is InChI=1S/C16H21NO4/c1-11-5-3-7-14(12(11)2)21-10-8-15(18)17-9-4-6-13(17)16(19)20/h3,5,7,13H,4,6,8-10H2,1-2H3,(H,19,20)/t13-/m1/s1. The Labute approximate surface area is 124 Å². The SMILES string of the molecule is Cc1cccc(OCCC(=O)N2CCC[C@@H]2C(=O)O)c1C. The van der Waals surface area contributed by atoms with Gasteiger partial charge >= 0.3 is 5.97 Å². The quantitative estimate of drug-likeness (QED) is 0.902. The van der Waals surface area contributed by atoms with E-state index in [1.165, 1.54) is 4.90 Å². The van der Waals surface area contributed by atoms with Crippen molar-refractivity contribution >= 4 is 11.9 Å². The molecule has 5 nitrogen and oxygen atoms in total. The van der Waals surface area contributed by atoms with Crippen molar-refractivity contribution in [3.05, 3.63) is 29.3 Å². The van der Waals surface area contributed by atoms with Crippen LogP contribution in [0.15, 0.2) is 18.2 Å². The lowest BCUT2D eigenvalue weighted by molar-refractivity contribution is -0.148. The number of carboxylic acid groups (broad SMARTS) is 1. The largest absolute Gasteiger partial charge is 0.493 e. The van der Waals surface area contributed by atoms with Gasteiger partial charge in [-0.15, -0.1) is 0 Å². The molecule has 21 heavy (non-hydrogen) atoms. The highest BCUT2D eigenvalue weighted by atomic mass is 16.5. The fourth-order valence-electron chi connectivity index (χ4n) is 2.59. The van der Waals surface area contributed by atoms with Crippen molar-refractivity contribution in [2.45, 2.75) is 39.2 Å². The molecule has 0 unspecified atom stereocenters. The maximum absolute atomic E-state index is 12.1. The molecule has 1 aromatic rings. The van der Waals surface area contributed by atoms with Gasteiger partial charge in [0.1, 0.15) is 11.8 Å². The third-order valence-electron chi connectivity index (χ3n) is 3.99. The van der Waals surface area contributed by atoms with Gasteiger partial charge in [-0.2, -0.15) is 0 Å². The van der Waals surface area contributed by atoms with Crippen LogP contribution in [0.25, 0.3) is 0 Å². The number of rotatable bonds is 5. The van der Waals surface area contributed by atoms with Crippen molar-refractivity contribution in [3.8, 4) is 5.75 Å². The van der Waals surface area contributed by atoms with E-state index in [1.54, 1.807) is 0 Å². The monoisotopic (exact) mass is 291 g/mol. The first-order chi connectivity index (χ1) is 10.0. The van der Waals surface area contributed by atoms with Crippen molar-refractivity contribution in [2.24, 2.45) is 0 Å². The summed E-state index contributed by atoms with van der Waals surface area (Å²) < 4.78 is 5.65. The van der Waals surface area contributed by atoms with Gasteiger partial charge in [0.15, 0.2) is 0 Å². The van der Waals surface area contributed by atoms with E-state index in [9.17, 15) is 9.59 Å². The molecule has 1 aliphatic heterocycles. The Bertz CT molecular complexity index is 541. The summed E-state index contributed by atoms with van der Waals surface area (Å²) in [7, 11) is 0. The molecule has 1 heterocycles. The number of amides is 1. The van der Waals surface area contributed by atoms with Gasteiger partial charge in [-0.05, 0) is 43.9 Å². The summed E-state index contributed by atoms with van der Waals surface area (Å²) in [4.78, 5) is 24.6. The Balaban J connectivity index is 1.87. The minimum Gasteiger partial charge on any atom is -0.493 e. The maximum atomic E-state index is 12.1. The Hall–Kier alpha value is -2.04. The minimum atomic E-state index is -0.920. The molecule has 1 aromatic carbocycles. The first kappa shape index (κ1) is 15.4. The lowest BCUT2D eigenvalue weighted by Crippen LogP contribution is -2.40. The summed E-state index contributed by atoms with van der Waals surface area (Å²) in [5, 5.41) is 9.08. The van der Waals surface area contributed by atoms with Crippen molar-refractivity contribution in [3.63, 3.8) is 0 Å². The van der Waals surface area contributed by atoms with Gasteiger partial charge in [-0.3, -0.25) is 4.79 Å². The van der Waals surface area contributed by atoms with Gasteiger partial charge in [-0.25, -0.2) is 4.79 Å². The van der Waals surface area contributed by atoms with Crippen LogP contribution in [0.5, 0.6) is 5.75 Å². The molecule has 5 heteroatoms. The molecule has 1 amide bonds. The fraction of sp³-hybridized carbons (Fsp3) is 0.500. The van der Waals surface area contributed by atoms with Crippen LogP contribution in [-0.2, 0) is 9.59 Å². The summed E-state index contributed by atoms with van der Waals surface area (Å²) in [5.74, 6) is -0.291. The predicted molar refractivity (Wildman–Crippen MR) is 78.4 cm³/mol. The van der Waals surface area contributed by atoms with E-state index in [0.29, 0.717) is 13.0 Å². The summed E-state index contributed by atoms with van der Waals surface area (Å²) in [6, 6.07) is 5.14. The van der Waals surface area contributed by atoms with Crippen LogP contribution in [0.3, 0.4) is 0 Å². The molecular formula is C16H21NO4. The highest BCUT2D eigenvalue weighted by Gasteiger charge is 2.33. The number of hydrogen-bond donors (Lipinski definition) is 1. The summed E-state index contributed by atoms with van der Waals surface area (Å²) in [6.07, 6.45) is 1.50. The molecule has 0 aliphatic carbocycles. The van der Waals surface area contributed by atoms with E-state index in [1.807, 2.05) is 32.0 Å². The highest BCUT2D eigenvalue weighted by molar-refractivity contribution is 5.84. The first-order valence-electron chi connectivity index (χ1n) is 7.22. The lowest BCUT2D eigenvalue weighted by Gasteiger charge is -2.21. The van der Waals surface area contributed by atoms with Crippen LogP contribution in [0.2, 0.25) is 0 Å². The van der Waals surface area contributed by atoms with Crippen LogP contribution in [0, 0.1) is 13.8 Å². The van der Waals surface area contributed by atoms with Crippen molar-refractivity contribution in [1.29, 1.82) is 0 Å². The van der Waals surface area contributed by atoms with Crippen molar-refractivity contribution in [1.82, 2.24) is 4.90 Å². The van der Waals surface area contributed by atoms with Gasteiger partial charge in [0.2, 0.25) is 5.91 Å². The zero-order valence-electron chi connectivity index (χ0n) is 12.5.